The highest BCUT2D eigenvalue weighted by Gasteiger charge is 2.34. The van der Waals surface area contributed by atoms with Crippen LogP contribution in [0.3, 0.4) is 0 Å². The third-order valence-corrected chi connectivity index (χ3v) is 6.63. The van der Waals surface area contributed by atoms with Gasteiger partial charge in [-0.2, -0.15) is 0 Å². The van der Waals surface area contributed by atoms with E-state index >= 15 is 0 Å². The molecule has 1 aliphatic heterocycles. The largest absolute Gasteiger partial charge is 0.497 e. The summed E-state index contributed by atoms with van der Waals surface area (Å²) in [7, 11) is 1.70. The molecule has 0 spiro atoms. The van der Waals surface area contributed by atoms with Crippen molar-refractivity contribution < 1.29 is 4.74 Å². The van der Waals surface area contributed by atoms with Gasteiger partial charge in [0.1, 0.15) is 5.75 Å². The van der Waals surface area contributed by atoms with E-state index in [1.807, 2.05) is 16.8 Å². The van der Waals surface area contributed by atoms with Gasteiger partial charge in [-0.05, 0) is 54.0 Å². The van der Waals surface area contributed by atoms with Gasteiger partial charge >= 0.3 is 0 Å². The Morgan fingerprint density at radius 2 is 1.64 bits per heavy atom. The zero-order valence-electron chi connectivity index (χ0n) is 20.0. The fraction of sp³-hybridized carbons (Fsp3) is 0.480. The van der Waals surface area contributed by atoms with Gasteiger partial charge in [-0.1, -0.05) is 49.4 Å². The van der Waals surface area contributed by atoms with Crippen LogP contribution in [0.2, 0.25) is 0 Å². The molecule has 0 N–H and O–H groups in total. The van der Waals surface area contributed by atoms with E-state index in [1.54, 1.807) is 7.11 Å². The highest BCUT2D eigenvalue weighted by Crippen LogP contribution is 2.32. The predicted octanol–water partition coefficient (Wildman–Crippen LogP) is 4.16. The molecular formula is C25H35ClN6O. The van der Waals surface area contributed by atoms with Gasteiger partial charge in [0, 0.05) is 32.7 Å². The van der Waals surface area contributed by atoms with Crippen LogP contribution in [0.4, 0.5) is 0 Å². The third-order valence-electron chi connectivity index (χ3n) is 6.63. The molecule has 8 heteroatoms. The Balaban J connectivity index is 0.00000306. The van der Waals surface area contributed by atoms with Crippen LogP contribution in [0.15, 0.2) is 54.6 Å². The van der Waals surface area contributed by atoms with Crippen LogP contribution in [0.25, 0.3) is 0 Å². The predicted molar refractivity (Wildman–Crippen MR) is 133 cm³/mol. The fourth-order valence-electron chi connectivity index (χ4n) is 4.28. The minimum absolute atomic E-state index is 0. The third kappa shape index (κ3) is 5.72. The number of nitrogens with zero attached hydrogens (tertiary/aromatic N) is 6. The van der Waals surface area contributed by atoms with Gasteiger partial charge in [-0.3, -0.25) is 9.80 Å². The number of tetrazole rings is 1. The maximum absolute atomic E-state index is 5.39. The van der Waals surface area contributed by atoms with Crippen LogP contribution in [-0.4, -0.2) is 63.3 Å². The van der Waals surface area contributed by atoms with Gasteiger partial charge in [0.25, 0.3) is 0 Å². The second-order valence-electron chi connectivity index (χ2n) is 9.09. The van der Waals surface area contributed by atoms with Gasteiger partial charge in [-0.25, -0.2) is 4.68 Å². The Kier molecular flexibility index (Phi) is 8.46. The summed E-state index contributed by atoms with van der Waals surface area (Å²) >= 11 is 0. The molecule has 1 fully saturated rings. The molecule has 2 heterocycles. The molecule has 1 unspecified atom stereocenters. The Morgan fingerprint density at radius 1 is 0.970 bits per heavy atom. The lowest BCUT2D eigenvalue weighted by Crippen LogP contribution is -2.48. The molecule has 2 aromatic carbocycles. The average Bonchev–Trinajstić information content (AvgIpc) is 3.32. The van der Waals surface area contributed by atoms with Crippen molar-refractivity contribution in [3.8, 4) is 5.75 Å². The summed E-state index contributed by atoms with van der Waals surface area (Å²) in [5, 5.41) is 13.0. The molecule has 0 amide bonds. The Bertz CT molecular complexity index is 984. The van der Waals surface area contributed by atoms with Gasteiger partial charge in [0.05, 0.1) is 18.7 Å². The molecule has 33 heavy (non-hydrogen) atoms. The van der Waals surface area contributed by atoms with Crippen molar-refractivity contribution in [3.63, 3.8) is 0 Å². The van der Waals surface area contributed by atoms with E-state index in [0.29, 0.717) is 0 Å². The minimum Gasteiger partial charge on any atom is -0.497 e. The Morgan fingerprint density at radius 3 is 2.24 bits per heavy atom. The number of methoxy groups -OCH3 is 1. The lowest BCUT2D eigenvalue weighted by atomic mass is 9.99. The molecule has 4 rings (SSSR count). The number of benzene rings is 2. The van der Waals surface area contributed by atoms with E-state index in [9.17, 15) is 0 Å². The molecule has 3 aromatic rings. The molecule has 1 aliphatic rings. The lowest BCUT2D eigenvalue weighted by molar-refractivity contribution is 0.0972. The second kappa shape index (κ2) is 11.1. The van der Waals surface area contributed by atoms with Gasteiger partial charge in [-0.15, -0.1) is 17.5 Å². The van der Waals surface area contributed by atoms with E-state index in [0.717, 1.165) is 50.7 Å². The first kappa shape index (κ1) is 25.1. The highest BCUT2D eigenvalue weighted by atomic mass is 35.5. The number of hydrogen-bond acceptors (Lipinski definition) is 6. The monoisotopic (exact) mass is 470 g/mol. The molecular weight excluding hydrogens is 436 g/mol. The Hall–Kier alpha value is -2.48. The standard InChI is InChI=1S/C25H34N6O.ClH/c1-5-25(2,3)31-24(26-27-28-31)23(21-11-13-22(32-4)14-12-21)30-17-15-29(16-18-30)19-20-9-7-6-8-10-20;/h6-14,23H,5,15-19H2,1-4H3;1H. The minimum atomic E-state index is -0.154. The number of halogens is 1. The summed E-state index contributed by atoms with van der Waals surface area (Å²) in [5.74, 6) is 1.76. The molecule has 1 atom stereocenters. The van der Waals surface area contributed by atoms with Crippen molar-refractivity contribution >= 4 is 12.4 Å². The molecule has 0 bridgehead atoms. The molecule has 7 nitrogen and oxygen atoms in total. The van der Waals surface area contributed by atoms with Crippen LogP contribution in [-0.2, 0) is 12.1 Å². The van der Waals surface area contributed by atoms with E-state index in [-0.39, 0.29) is 24.0 Å². The highest BCUT2D eigenvalue weighted by molar-refractivity contribution is 5.85. The molecule has 0 radical (unpaired) electrons. The molecule has 0 aliphatic carbocycles. The van der Waals surface area contributed by atoms with Crippen molar-refractivity contribution in [3.05, 3.63) is 71.5 Å². The van der Waals surface area contributed by atoms with E-state index in [4.69, 9.17) is 4.74 Å². The lowest BCUT2D eigenvalue weighted by Gasteiger charge is -2.39. The number of aromatic nitrogens is 4. The first-order valence-corrected chi connectivity index (χ1v) is 11.4. The quantitative estimate of drug-likeness (QED) is 0.492. The number of ether oxygens (including phenoxy) is 1. The van der Waals surface area contributed by atoms with Crippen LogP contribution in [0.5, 0.6) is 5.75 Å². The van der Waals surface area contributed by atoms with Gasteiger partial charge in [0.2, 0.25) is 0 Å². The SMILES string of the molecule is CCC(C)(C)n1nnnc1C(c1ccc(OC)cc1)N1CCN(Cc2ccccc2)CC1.Cl. The van der Waals surface area contributed by atoms with Crippen LogP contribution in [0, 0.1) is 0 Å². The van der Waals surface area contributed by atoms with Crippen molar-refractivity contribution in [2.24, 2.45) is 0 Å². The summed E-state index contributed by atoms with van der Waals surface area (Å²) in [4.78, 5) is 5.03. The van der Waals surface area contributed by atoms with Gasteiger partial charge < -0.3 is 4.74 Å². The van der Waals surface area contributed by atoms with Crippen molar-refractivity contribution in [1.29, 1.82) is 0 Å². The first-order chi connectivity index (χ1) is 15.5. The van der Waals surface area contributed by atoms with Crippen molar-refractivity contribution in [1.82, 2.24) is 30.0 Å². The van der Waals surface area contributed by atoms with Crippen LogP contribution in [0.1, 0.15) is 50.2 Å². The zero-order valence-corrected chi connectivity index (χ0v) is 20.8. The number of piperazine rings is 1. The average molecular weight is 471 g/mol. The molecule has 1 aromatic heterocycles. The van der Waals surface area contributed by atoms with Gasteiger partial charge in [0.15, 0.2) is 5.82 Å². The summed E-state index contributed by atoms with van der Waals surface area (Å²) in [6.45, 7) is 11.5. The maximum Gasteiger partial charge on any atom is 0.173 e. The molecule has 1 saturated heterocycles. The maximum atomic E-state index is 5.39. The summed E-state index contributed by atoms with van der Waals surface area (Å²) in [6.07, 6.45) is 0.950. The van der Waals surface area contributed by atoms with Crippen LogP contribution >= 0.6 is 12.4 Å². The van der Waals surface area contributed by atoms with E-state index in [1.165, 1.54) is 11.1 Å². The molecule has 178 valence electrons. The van der Waals surface area contributed by atoms with E-state index < -0.39 is 0 Å². The first-order valence-electron chi connectivity index (χ1n) is 11.4. The van der Waals surface area contributed by atoms with Crippen molar-refractivity contribution in [2.45, 2.75) is 45.3 Å². The summed E-state index contributed by atoms with van der Waals surface area (Å²) in [6, 6.07) is 19.0. The Labute approximate surface area is 203 Å². The summed E-state index contributed by atoms with van der Waals surface area (Å²) < 4.78 is 7.40. The van der Waals surface area contributed by atoms with Crippen LogP contribution < -0.4 is 4.74 Å². The number of hydrogen-bond donors (Lipinski definition) is 0. The fourth-order valence-corrected chi connectivity index (χ4v) is 4.28. The topological polar surface area (TPSA) is 59.3 Å². The number of rotatable bonds is 8. The normalized spacial score (nSPS) is 16.2. The summed E-state index contributed by atoms with van der Waals surface area (Å²) in [5.41, 5.74) is 2.39. The smallest absolute Gasteiger partial charge is 0.173 e. The van der Waals surface area contributed by atoms with Crippen molar-refractivity contribution in [2.75, 3.05) is 33.3 Å². The van der Waals surface area contributed by atoms with E-state index in [2.05, 4.69) is 88.6 Å². The molecule has 0 saturated carbocycles. The zero-order chi connectivity index (χ0) is 22.6. The second-order valence-corrected chi connectivity index (χ2v) is 9.09.